The second kappa shape index (κ2) is 38.4. The van der Waals surface area contributed by atoms with E-state index in [-0.39, 0.29) is 5.97 Å². The van der Waals surface area contributed by atoms with Gasteiger partial charge in [0.15, 0.2) is 6.10 Å². The van der Waals surface area contributed by atoms with Crippen molar-refractivity contribution in [3.63, 3.8) is 0 Å². The molecule has 0 saturated heterocycles. The molecule has 0 aliphatic carbocycles. The molecule has 4 nitrogen and oxygen atoms in total. The topological polar surface area (TPSA) is 63.6 Å². The third-order valence-electron chi connectivity index (χ3n) is 9.85. The van der Waals surface area contributed by atoms with Gasteiger partial charge in [0.05, 0.1) is 0 Å². The number of rotatable bonds is 39. The quantitative estimate of drug-likeness (QED) is 0.0531. The highest BCUT2D eigenvalue weighted by Crippen LogP contribution is 2.17. The molecule has 4 heteroatoms. The molecule has 0 spiro atoms. The second-order valence-electron chi connectivity index (χ2n) is 14.5. The SMILES string of the molecule is CCCCCCCCCCCCCCCCCCCCCC(=O)OC(CCCCCCCCCCCCCCCCCC)C(=O)O. The summed E-state index contributed by atoms with van der Waals surface area (Å²) in [5.74, 6) is -1.33. The zero-order valence-corrected chi connectivity index (χ0v) is 31.4. The highest BCUT2D eigenvalue weighted by Gasteiger charge is 2.21. The molecule has 1 unspecified atom stereocenters. The lowest BCUT2D eigenvalue weighted by atomic mass is 10.0. The van der Waals surface area contributed by atoms with Crippen molar-refractivity contribution in [2.24, 2.45) is 0 Å². The molecule has 46 heavy (non-hydrogen) atoms. The fraction of sp³-hybridized carbons (Fsp3) is 0.952. The molecule has 0 saturated carbocycles. The van der Waals surface area contributed by atoms with Crippen molar-refractivity contribution in [1.82, 2.24) is 0 Å². The third-order valence-corrected chi connectivity index (χ3v) is 9.85. The van der Waals surface area contributed by atoms with Gasteiger partial charge in [0.1, 0.15) is 0 Å². The number of aliphatic carboxylic acids is 1. The largest absolute Gasteiger partial charge is 0.479 e. The first-order valence-corrected chi connectivity index (χ1v) is 21.0. The van der Waals surface area contributed by atoms with Crippen LogP contribution in [0, 0.1) is 0 Å². The van der Waals surface area contributed by atoms with E-state index >= 15 is 0 Å². The molecular weight excluding hydrogens is 568 g/mol. The molecule has 0 fully saturated rings. The average molecular weight is 651 g/mol. The van der Waals surface area contributed by atoms with Gasteiger partial charge in [-0.05, 0) is 19.3 Å². The smallest absolute Gasteiger partial charge is 0.345 e. The number of carbonyl (C=O) groups excluding carboxylic acids is 1. The molecule has 1 atom stereocenters. The summed E-state index contributed by atoms with van der Waals surface area (Å²) in [5, 5.41) is 9.50. The Balaban J connectivity index is 3.47. The van der Waals surface area contributed by atoms with E-state index in [1.807, 2.05) is 0 Å². The van der Waals surface area contributed by atoms with Crippen LogP contribution in [0.5, 0.6) is 0 Å². The Morgan fingerprint density at radius 2 is 0.630 bits per heavy atom. The van der Waals surface area contributed by atoms with Gasteiger partial charge in [-0.2, -0.15) is 0 Å². The molecule has 0 aromatic heterocycles. The molecule has 0 aliphatic heterocycles. The number of hydrogen-bond donors (Lipinski definition) is 1. The first-order valence-electron chi connectivity index (χ1n) is 21.0. The minimum absolute atomic E-state index is 0.337. The summed E-state index contributed by atoms with van der Waals surface area (Å²) in [7, 11) is 0. The summed E-state index contributed by atoms with van der Waals surface area (Å²) in [5.41, 5.74) is 0. The van der Waals surface area contributed by atoms with E-state index in [0.717, 1.165) is 38.5 Å². The number of unbranched alkanes of at least 4 members (excludes halogenated alkanes) is 33. The molecular formula is C42H82O4. The van der Waals surface area contributed by atoms with Gasteiger partial charge in [-0.25, -0.2) is 4.79 Å². The standard InChI is InChI=1S/C42H82O4/c1-3-5-7-9-11-13-15-17-19-21-22-23-25-27-29-31-33-35-37-39-41(43)46-40(42(44)45)38-36-34-32-30-28-26-24-20-18-16-14-12-10-8-6-4-2/h40H,3-39H2,1-2H3,(H,44,45). The van der Waals surface area contributed by atoms with E-state index in [0.29, 0.717) is 12.8 Å². The average Bonchev–Trinajstić information content (AvgIpc) is 3.05. The molecule has 0 amide bonds. The first-order chi connectivity index (χ1) is 22.6. The van der Waals surface area contributed by atoms with Gasteiger partial charge >= 0.3 is 11.9 Å². The molecule has 0 aromatic carbocycles. The van der Waals surface area contributed by atoms with E-state index in [1.54, 1.807) is 0 Å². The van der Waals surface area contributed by atoms with Crippen LogP contribution in [0.15, 0.2) is 0 Å². The lowest BCUT2D eigenvalue weighted by molar-refractivity contribution is -0.164. The van der Waals surface area contributed by atoms with E-state index in [4.69, 9.17) is 4.74 Å². The van der Waals surface area contributed by atoms with E-state index in [1.165, 1.54) is 186 Å². The second-order valence-corrected chi connectivity index (χ2v) is 14.5. The van der Waals surface area contributed by atoms with Crippen molar-refractivity contribution >= 4 is 11.9 Å². The van der Waals surface area contributed by atoms with Gasteiger partial charge in [-0.1, -0.05) is 226 Å². The van der Waals surface area contributed by atoms with Gasteiger partial charge in [0.2, 0.25) is 0 Å². The van der Waals surface area contributed by atoms with E-state index in [2.05, 4.69) is 13.8 Å². The Hall–Kier alpha value is -1.06. The summed E-state index contributed by atoms with van der Waals surface area (Å²) in [6, 6.07) is 0. The zero-order chi connectivity index (χ0) is 33.6. The molecule has 0 radical (unpaired) electrons. The Bertz CT molecular complexity index is 619. The molecule has 0 bridgehead atoms. The summed E-state index contributed by atoms with van der Waals surface area (Å²) < 4.78 is 5.33. The van der Waals surface area contributed by atoms with Crippen molar-refractivity contribution in [2.45, 2.75) is 258 Å². The van der Waals surface area contributed by atoms with Crippen molar-refractivity contribution in [3.05, 3.63) is 0 Å². The lowest BCUT2D eigenvalue weighted by Crippen LogP contribution is -2.27. The monoisotopic (exact) mass is 651 g/mol. The number of carboxylic acids is 1. The van der Waals surface area contributed by atoms with Crippen molar-refractivity contribution in [3.8, 4) is 0 Å². The maximum Gasteiger partial charge on any atom is 0.345 e. The lowest BCUT2D eigenvalue weighted by Gasteiger charge is -2.13. The van der Waals surface area contributed by atoms with Gasteiger partial charge in [-0.3, -0.25) is 4.79 Å². The highest BCUT2D eigenvalue weighted by molar-refractivity contribution is 5.77. The minimum atomic E-state index is -0.998. The van der Waals surface area contributed by atoms with Crippen molar-refractivity contribution < 1.29 is 19.4 Å². The molecule has 0 rings (SSSR count). The molecule has 0 heterocycles. The third kappa shape index (κ3) is 35.8. The molecule has 0 aromatic rings. The summed E-state index contributed by atoms with van der Waals surface area (Å²) in [6.07, 6.45) is 45.8. The van der Waals surface area contributed by atoms with Crippen LogP contribution in [0.4, 0.5) is 0 Å². The highest BCUT2D eigenvalue weighted by atomic mass is 16.6. The number of esters is 1. The Labute approximate surface area is 288 Å². The molecule has 0 aliphatic rings. The van der Waals surface area contributed by atoms with Crippen molar-refractivity contribution in [2.75, 3.05) is 0 Å². The van der Waals surface area contributed by atoms with Crippen LogP contribution in [0.1, 0.15) is 251 Å². The van der Waals surface area contributed by atoms with Crippen LogP contribution in [-0.2, 0) is 14.3 Å². The predicted molar refractivity (Wildman–Crippen MR) is 200 cm³/mol. The van der Waals surface area contributed by atoms with Crippen LogP contribution in [-0.4, -0.2) is 23.1 Å². The van der Waals surface area contributed by atoms with Crippen LogP contribution >= 0.6 is 0 Å². The first kappa shape index (κ1) is 44.9. The molecule has 1 N–H and O–H groups in total. The van der Waals surface area contributed by atoms with Crippen LogP contribution in [0.3, 0.4) is 0 Å². The fourth-order valence-corrected chi connectivity index (χ4v) is 6.68. The predicted octanol–water partition coefficient (Wildman–Crippen LogP) is 14.5. The summed E-state index contributed by atoms with van der Waals surface area (Å²) in [6.45, 7) is 4.56. The fourth-order valence-electron chi connectivity index (χ4n) is 6.68. The van der Waals surface area contributed by atoms with Gasteiger partial charge < -0.3 is 9.84 Å². The number of ether oxygens (including phenoxy) is 1. The van der Waals surface area contributed by atoms with Gasteiger partial charge in [0.25, 0.3) is 0 Å². The maximum atomic E-state index is 12.2. The Morgan fingerprint density at radius 3 is 0.891 bits per heavy atom. The van der Waals surface area contributed by atoms with E-state index < -0.39 is 12.1 Å². The summed E-state index contributed by atoms with van der Waals surface area (Å²) >= 11 is 0. The summed E-state index contributed by atoms with van der Waals surface area (Å²) in [4.78, 5) is 23.8. The Kier molecular flexibility index (Phi) is 37.5. The number of carboxylic acid groups (broad SMARTS) is 1. The van der Waals surface area contributed by atoms with Crippen LogP contribution in [0.25, 0.3) is 0 Å². The van der Waals surface area contributed by atoms with Crippen LogP contribution < -0.4 is 0 Å². The van der Waals surface area contributed by atoms with Crippen LogP contribution in [0.2, 0.25) is 0 Å². The minimum Gasteiger partial charge on any atom is -0.479 e. The van der Waals surface area contributed by atoms with E-state index in [9.17, 15) is 14.7 Å². The normalized spacial score (nSPS) is 12.0. The number of hydrogen-bond acceptors (Lipinski definition) is 3. The number of carbonyl (C=O) groups is 2. The molecule has 274 valence electrons. The van der Waals surface area contributed by atoms with Crippen molar-refractivity contribution in [1.29, 1.82) is 0 Å². The zero-order valence-electron chi connectivity index (χ0n) is 31.4. The van der Waals surface area contributed by atoms with Gasteiger partial charge in [-0.15, -0.1) is 0 Å². The maximum absolute atomic E-state index is 12.2. The Morgan fingerprint density at radius 1 is 0.391 bits per heavy atom. The van der Waals surface area contributed by atoms with Gasteiger partial charge in [0, 0.05) is 6.42 Å².